The maximum Gasteiger partial charge on any atom is 0.407 e. The Kier molecular flexibility index (Phi) is 5.72. The van der Waals surface area contributed by atoms with E-state index in [2.05, 4.69) is 10.1 Å². The zero-order chi connectivity index (χ0) is 16.0. The third-order valence-corrected chi connectivity index (χ3v) is 2.60. The molecule has 1 aromatic rings. The fraction of sp³-hybridized carbons (Fsp3) is 0.467. The number of amides is 1. The van der Waals surface area contributed by atoms with Crippen LogP contribution in [0.5, 0.6) is 0 Å². The van der Waals surface area contributed by atoms with E-state index in [0.29, 0.717) is 5.56 Å². The number of alkyl carbamates (subject to hydrolysis) is 1. The largest absolute Gasteiger partial charge is 0.465 e. The van der Waals surface area contributed by atoms with E-state index in [9.17, 15) is 9.59 Å². The number of rotatable bonds is 4. The van der Waals surface area contributed by atoms with E-state index in [4.69, 9.17) is 10.5 Å². The topological polar surface area (TPSA) is 90.6 Å². The van der Waals surface area contributed by atoms with Gasteiger partial charge in [-0.25, -0.2) is 9.59 Å². The molecule has 6 heteroatoms. The summed E-state index contributed by atoms with van der Waals surface area (Å²) in [7, 11) is 1.32. The number of benzene rings is 1. The summed E-state index contributed by atoms with van der Waals surface area (Å²) in [6, 6.07) is 6.35. The maximum atomic E-state index is 11.6. The number of carbonyl (C=O) groups is 2. The second-order valence-electron chi connectivity index (χ2n) is 5.61. The molecule has 0 saturated carbocycles. The summed E-state index contributed by atoms with van der Waals surface area (Å²) in [5.41, 5.74) is 6.59. The van der Waals surface area contributed by atoms with E-state index in [1.54, 1.807) is 45.0 Å². The van der Waals surface area contributed by atoms with Crippen LogP contribution < -0.4 is 11.1 Å². The Hall–Kier alpha value is -2.08. The minimum absolute atomic E-state index is 0.208. The summed E-state index contributed by atoms with van der Waals surface area (Å²) in [5.74, 6) is -0.427. The molecule has 0 saturated heterocycles. The van der Waals surface area contributed by atoms with Gasteiger partial charge in [-0.15, -0.1) is 0 Å². The van der Waals surface area contributed by atoms with Crippen LogP contribution in [0.3, 0.4) is 0 Å². The van der Waals surface area contributed by atoms with Crippen molar-refractivity contribution in [3.05, 3.63) is 35.4 Å². The van der Waals surface area contributed by atoms with Gasteiger partial charge in [-0.1, -0.05) is 12.1 Å². The van der Waals surface area contributed by atoms with Gasteiger partial charge in [-0.3, -0.25) is 0 Å². The smallest absolute Gasteiger partial charge is 0.407 e. The average molecular weight is 294 g/mol. The van der Waals surface area contributed by atoms with E-state index in [0.717, 1.165) is 5.56 Å². The molecular weight excluding hydrogens is 272 g/mol. The van der Waals surface area contributed by atoms with Crippen LogP contribution in [0.4, 0.5) is 4.79 Å². The quantitative estimate of drug-likeness (QED) is 0.829. The molecule has 0 radical (unpaired) electrons. The van der Waals surface area contributed by atoms with Crippen LogP contribution in [0.1, 0.15) is 42.7 Å². The molecule has 0 bridgehead atoms. The molecule has 6 nitrogen and oxygen atoms in total. The molecule has 3 N–H and O–H groups in total. The number of hydrogen-bond acceptors (Lipinski definition) is 5. The number of methoxy groups -OCH3 is 1. The van der Waals surface area contributed by atoms with Crippen LogP contribution in [-0.2, 0) is 9.47 Å². The predicted molar refractivity (Wildman–Crippen MR) is 78.9 cm³/mol. The lowest BCUT2D eigenvalue weighted by atomic mass is 10.0. The number of esters is 1. The molecule has 1 atom stereocenters. The molecule has 1 amide bonds. The van der Waals surface area contributed by atoms with Crippen molar-refractivity contribution in [3.8, 4) is 0 Å². The predicted octanol–water partition coefficient (Wildman–Crippen LogP) is 2.00. The Morgan fingerprint density at radius 2 is 2.00 bits per heavy atom. The van der Waals surface area contributed by atoms with Crippen LogP contribution in [0, 0.1) is 0 Å². The van der Waals surface area contributed by atoms with Crippen LogP contribution in [-0.4, -0.2) is 31.3 Å². The number of nitrogens with one attached hydrogen (secondary N) is 1. The van der Waals surface area contributed by atoms with Gasteiger partial charge in [0.25, 0.3) is 0 Å². The van der Waals surface area contributed by atoms with Crippen molar-refractivity contribution >= 4 is 12.1 Å². The average Bonchev–Trinajstić information content (AvgIpc) is 2.42. The molecule has 0 aliphatic carbocycles. The van der Waals surface area contributed by atoms with Gasteiger partial charge in [-0.2, -0.15) is 0 Å². The fourth-order valence-corrected chi connectivity index (χ4v) is 1.64. The van der Waals surface area contributed by atoms with Gasteiger partial charge in [0.1, 0.15) is 5.60 Å². The highest BCUT2D eigenvalue weighted by molar-refractivity contribution is 5.89. The van der Waals surface area contributed by atoms with Gasteiger partial charge in [0.15, 0.2) is 0 Å². The summed E-state index contributed by atoms with van der Waals surface area (Å²) in [6.45, 7) is 5.56. The molecule has 0 heterocycles. The highest BCUT2D eigenvalue weighted by Crippen LogP contribution is 2.13. The molecule has 0 aliphatic rings. The molecule has 0 spiro atoms. The minimum atomic E-state index is -0.557. The Morgan fingerprint density at radius 1 is 1.33 bits per heavy atom. The number of ether oxygens (including phenoxy) is 2. The lowest BCUT2D eigenvalue weighted by molar-refractivity contribution is 0.0523. The summed E-state index contributed by atoms with van der Waals surface area (Å²) >= 11 is 0. The van der Waals surface area contributed by atoms with Gasteiger partial charge >= 0.3 is 12.1 Å². The van der Waals surface area contributed by atoms with E-state index >= 15 is 0 Å². The molecule has 0 aliphatic heterocycles. The Labute approximate surface area is 124 Å². The van der Waals surface area contributed by atoms with Gasteiger partial charge < -0.3 is 20.5 Å². The molecule has 0 aromatic heterocycles. The zero-order valence-corrected chi connectivity index (χ0v) is 12.8. The van der Waals surface area contributed by atoms with E-state index in [1.165, 1.54) is 7.11 Å². The van der Waals surface area contributed by atoms with E-state index in [1.807, 2.05) is 0 Å². The van der Waals surface area contributed by atoms with Crippen molar-refractivity contribution in [2.75, 3.05) is 13.7 Å². The number of nitrogens with two attached hydrogens (primary N) is 1. The number of hydrogen-bond donors (Lipinski definition) is 2. The van der Waals surface area contributed by atoms with E-state index in [-0.39, 0.29) is 6.54 Å². The first-order valence-electron chi connectivity index (χ1n) is 6.63. The second kappa shape index (κ2) is 7.08. The van der Waals surface area contributed by atoms with Gasteiger partial charge in [0, 0.05) is 12.6 Å². The molecule has 1 aromatic carbocycles. The summed E-state index contributed by atoms with van der Waals surface area (Å²) in [5, 5.41) is 2.60. The van der Waals surface area contributed by atoms with Gasteiger partial charge in [0.2, 0.25) is 0 Å². The van der Waals surface area contributed by atoms with Crippen molar-refractivity contribution < 1.29 is 19.1 Å². The number of carbonyl (C=O) groups excluding carboxylic acids is 2. The normalized spacial score (nSPS) is 12.4. The third-order valence-electron chi connectivity index (χ3n) is 2.60. The molecule has 1 unspecified atom stereocenters. The first kappa shape index (κ1) is 17.0. The van der Waals surface area contributed by atoms with Crippen molar-refractivity contribution in [2.45, 2.75) is 32.4 Å². The van der Waals surface area contributed by atoms with Crippen molar-refractivity contribution in [2.24, 2.45) is 5.73 Å². The lowest BCUT2D eigenvalue weighted by Gasteiger charge is -2.21. The highest BCUT2D eigenvalue weighted by atomic mass is 16.6. The fourth-order valence-electron chi connectivity index (χ4n) is 1.64. The summed E-state index contributed by atoms with van der Waals surface area (Å²) < 4.78 is 9.78. The van der Waals surface area contributed by atoms with E-state index < -0.39 is 23.7 Å². The van der Waals surface area contributed by atoms with Crippen molar-refractivity contribution in [1.29, 1.82) is 0 Å². The standard InChI is InChI=1S/C15H22N2O4/c1-15(2,3)21-14(19)17-9-12(16)10-6-5-7-11(8-10)13(18)20-4/h5-8,12H,9,16H2,1-4H3,(H,17,19). The third kappa shape index (κ3) is 5.83. The first-order valence-corrected chi connectivity index (χ1v) is 6.63. The van der Waals surface area contributed by atoms with Crippen LogP contribution >= 0.6 is 0 Å². The Bertz CT molecular complexity index is 509. The molecule has 0 fully saturated rings. The monoisotopic (exact) mass is 294 g/mol. The van der Waals surface area contributed by atoms with Crippen LogP contribution in [0.2, 0.25) is 0 Å². The lowest BCUT2D eigenvalue weighted by Crippen LogP contribution is -2.36. The molecule has 1 rings (SSSR count). The maximum absolute atomic E-state index is 11.6. The van der Waals surface area contributed by atoms with Crippen LogP contribution in [0.25, 0.3) is 0 Å². The van der Waals surface area contributed by atoms with Crippen molar-refractivity contribution in [1.82, 2.24) is 5.32 Å². The molecular formula is C15H22N2O4. The Balaban J connectivity index is 2.62. The molecule has 116 valence electrons. The SMILES string of the molecule is COC(=O)c1cccc(C(N)CNC(=O)OC(C)(C)C)c1. The van der Waals surface area contributed by atoms with Crippen molar-refractivity contribution in [3.63, 3.8) is 0 Å². The Morgan fingerprint density at radius 3 is 2.57 bits per heavy atom. The summed E-state index contributed by atoms with van der Waals surface area (Å²) in [6.07, 6.45) is -0.526. The molecule has 21 heavy (non-hydrogen) atoms. The zero-order valence-electron chi connectivity index (χ0n) is 12.8. The minimum Gasteiger partial charge on any atom is -0.465 e. The van der Waals surface area contributed by atoms with Gasteiger partial charge in [-0.05, 0) is 38.5 Å². The van der Waals surface area contributed by atoms with Crippen LogP contribution in [0.15, 0.2) is 24.3 Å². The van der Waals surface area contributed by atoms with Gasteiger partial charge in [0.05, 0.1) is 12.7 Å². The first-order chi connectivity index (χ1) is 9.73. The second-order valence-corrected chi connectivity index (χ2v) is 5.61. The summed E-state index contributed by atoms with van der Waals surface area (Å²) in [4.78, 5) is 23.0. The highest BCUT2D eigenvalue weighted by Gasteiger charge is 2.17.